The van der Waals surface area contributed by atoms with E-state index < -0.39 is 0 Å². The number of nitrogens with zero attached hydrogens (tertiary/aromatic N) is 2. The highest BCUT2D eigenvalue weighted by atomic mass is 16.5. The van der Waals surface area contributed by atoms with E-state index in [9.17, 15) is 0 Å². The number of ether oxygens (including phenoxy) is 1. The first-order chi connectivity index (χ1) is 8.33. The Labute approximate surface area is 105 Å². The number of hydrogen-bond donors (Lipinski definition) is 0. The molecule has 3 heteroatoms. The van der Waals surface area contributed by atoms with Crippen molar-refractivity contribution in [3.8, 4) is 0 Å². The highest BCUT2D eigenvalue weighted by molar-refractivity contribution is 4.90. The van der Waals surface area contributed by atoms with Crippen molar-refractivity contribution in [3.63, 3.8) is 0 Å². The van der Waals surface area contributed by atoms with Gasteiger partial charge in [0.05, 0.1) is 0 Å². The quantitative estimate of drug-likeness (QED) is 0.742. The van der Waals surface area contributed by atoms with Crippen LogP contribution in [-0.2, 0) is 4.74 Å². The fourth-order valence-electron chi connectivity index (χ4n) is 3.72. The van der Waals surface area contributed by atoms with Gasteiger partial charge in [0.1, 0.15) is 0 Å². The maximum absolute atomic E-state index is 5.47. The van der Waals surface area contributed by atoms with E-state index in [2.05, 4.69) is 16.7 Å². The van der Waals surface area contributed by atoms with Crippen molar-refractivity contribution in [2.45, 2.75) is 44.7 Å². The van der Waals surface area contributed by atoms with Crippen molar-refractivity contribution >= 4 is 0 Å². The zero-order valence-corrected chi connectivity index (χ0v) is 11.1. The number of piperazine rings is 1. The van der Waals surface area contributed by atoms with Crippen molar-refractivity contribution in [1.82, 2.24) is 9.80 Å². The van der Waals surface area contributed by atoms with Crippen LogP contribution in [0.3, 0.4) is 0 Å². The normalized spacial score (nSPS) is 39.7. The van der Waals surface area contributed by atoms with Crippen LogP contribution < -0.4 is 0 Å². The van der Waals surface area contributed by atoms with Gasteiger partial charge in [0.2, 0.25) is 0 Å². The molecule has 98 valence electrons. The molecule has 0 N–H and O–H groups in total. The zero-order chi connectivity index (χ0) is 11.7. The Hall–Kier alpha value is -0.120. The Bertz CT molecular complexity index is 253. The average Bonchev–Trinajstić information content (AvgIpc) is 2.95. The summed E-state index contributed by atoms with van der Waals surface area (Å²) in [6, 6.07) is 1.62. The molecule has 3 saturated heterocycles. The van der Waals surface area contributed by atoms with Gasteiger partial charge in [-0.15, -0.1) is 0 Å². The minimum atomic E-state index is 0.756. The Morgan fingerprint density at radius 1 is 1.24 bits per heavy atom. The first-order valence-electron chi connectivity index (χ1n) is 7.39. The molecular formula is C14H26N2O. The van der Waals surface area contributed by atoms with Gasteiger partial charge in [0.25, 0.3) is 0 Å². The molecule has 3 atom stereocenters. The van der Waals surface area contributed by atoms with Crippen LogP contribution in [0.5, 0.6) is 0 Å². The van der Waals surface area contributed by atoms with E-state index in [0.29, 0.717) is 0 Å². The number of hydrogen-bond acceptors (Lipinski definition) is 3. The molecule has 0 bridgehead atoms. The fraction of sp³-hybridized carbons (Fsp3) is 1.00. The first-order valence-corrected chi connectivity index (χ1v) is 7.39. The van der Waals surface area contributed by atoms with Gasteiger partial charge in [-0.05, 0) is 51.6 Å². The lowest BCUT2D eigenvalue weighted by Gasteiger charge is -2.42. The largest absolute Gasteiger partial charge is 0.381 e. The summed E-state index contributed by atoms with van der Waals surface area (Å²) in [6.45, 7) is 9.66. The molecule has 3 aliphatic heterocycles. The number of fused-ring (bicyclic) bond motifs is 1. The molecule has 0 saturated carbocycles. The van der Waals surface area contributed by atoms with E-state index in [4.69, 9.17) is 4.74 Å². The van der Waals surface area contributed by atoms with E-state index in [0.717, 1.165) is 31.2 Å². The summed E-state index contributed by atoms with van der Waals surface area (Å²) in [5, 5.41) is 0. The standard InChI is InChI=1S/C14H26N2O/c1-12-9-16-6-2-3-14(16)10-15(12)7-4-13-5-8-17-11-13/h12-14H,2-11H2,1H3. The minimum absolute atomic E-state index is 0.756. The molecule has 3 unspecified atom stereocenters. The van der Waals surface area contributed by atoms with Crippen LogP contribution >= 0.6 is 0 Å². The summed E-state index contributed by atoms with van der Waals surface area (Å²) >= 11 is 0. The lowest BCUT2D eigenvalue weighted by Crippen LogP contribution is -2.55. The van der Waals surface area contributed by atoms with Gasteiger partial charge in [-0.25, -0.2) is 0 Å². The predicted molar refractivity (Wildman–Crippen MR) is 69.2 cm³/mol. The van der Waals surface area contributed by atoms with Crippen LogP contribution in [0.15, 0.2) is 0 Å². The van der Waals surface area contributed by atoms with Gasteiger partial charge >= 0.3 is 0 Å². The third-order valence-electron chi connectivity index (χ3n) is 4.91. The SMILES string of the molecule is CC1CN2CCCC2CN1CCC1CCOC1. The maximum Gasteiger partial charge on any atom is 0.0495 e. The molecule has 0 spiro atoms. The summed E-state index contributed by atoms with van der Waals surface area (Å²) in [7, 11) is 0. The number of rotatable bonds is 3. The molecule has 0 aromatic rings. The molecule has 3 fully saturated rings. The second-order valence-corrected chi connectivity index (χ2v) is 6.15. The van der Waals surface area contributed by atoms with Gasteiger partial charge in [0, 0.05) is 38.4 Å². The monoisotopic (exact) mass is 238 g/mol. The molecule has 17 heavy (non-hydrogen) atoms. The topological polar surface area (TPSA) is 15.7 Å². The molecule has 3 nitrogen and oxygen atoms in total. The second-order valence-electron chi connectivity index (χ2n) is 6.15. The lowest BCUT2D eigenvalue weighted by molar-refractivity contribution is 0.0548. The predicted octanol–water partition coefficient (Wildman–Crippen LogP) is 1.58. The Balaban J connectivity index is 1.48. The second kappa shape index (κ2) is 5.25. The minimum Gasteiger partial charge on any atom is -0.381 e. The fourth-order valence-corrected chi connectivity index (χ4v) is 3.72. The summed E-state index contributed by atoms with van der Waals surface area (Å²) in [5.74, 6) is 0.837. The van der Waals surface area contributed by atoms with Crippen molar-refractivity contribution < 1.29 is 4.74 Å². The zero-order valence-electron chi connectivity index (χ0n) is 11.1. The van der Waals surface area contributed by atoms with E-state index in [1.165, 1.54) is 51.9 Å². The van der Waals surface area contributed by atoms with Crippen LogP contribution in [0.1, 0.15) is 32.6 Å². The van der Waals surface area contributed by atoms with Gasteiger partial charge in [-0.1, -0.05) is 0 Å². The summed E-state index contributed by atoms with van der Waals surface area (Å²) in [4.78, 5) is 5.44. The van der Waals surface area contributed by atoms with Gasteiger partial charge in [-0.3, -0.25) is 9.80 Å². The third-order valence-corrected chi connectivity index (χ3v) is 4.91. The van der Waals surface area contributed by atoms with Crippen LogP contribution in [0, 0.1) is 5.92 Å². The van der Waals surface area contributed by atoms with E-state index >= 15 is 0 Å². The van der Waals surface area contributed by atoms with Crippen LogP contribution in [-0.4, -0.2) is 61.3 Å². The molecule has 3 heterocycles. The average molecular weight is 238 g/mol. The van der Waals surface area contributed by atoms with E-state index in [1.807, 2.05) is 0 Å². The van der Waals surface area contributed by atoms with Crippen molar-refractivity contribution in [1.29, 1.82) is 0 Å². The van der Waals surface area contributed by atoms with Crippen molar-refractivity contribution in [3.05, 3.63) is 0 Å². The molecule has 3 aliphatic rings. The molecule has 0 radical (unpaired) electrons. The van der Waals surface area contributed by atoms with Crippen molar-refractivity contribution in [2.75, 3.05) is 39.4 Å². The third kappa shape index (κ3) is 2.67. The Morgan fingerprint density at radius 3 is 3.00 bits per heavy atom. The van der Waals surface area contributed by atoms with Crippen molar-refractivity contribution in [2.24, 2.45) is 5.92 Å². The maximum atomic E-state index is 5.47. The highest BCUT2D eigenvalue weighted by Gasteiger charge is 2.34. The molecule has 0 amide bonds. The van der Waals surface area contributed by atoms with Crippen LogP contribution in [0.4, 0.5) is 0 Å². The summed E-state index contributed by atoms with van der Waals surface area (Å²) in [6.07, 6.45) is 5.48. The molecule has 0 aromatic heterocycles. The lowest BCUT2D eigenvalue weighted by atomic mass is 10.0. The van der Waals surface area contributed by atoms with Gasteiger partial charge in [0.15, 0.2) is 0 Å². The van der Waals surface area contributed by atoms with Gasteiger partial charge in [-0.2, -0.15) is 0 Å². The van der Waals surface area contributed by atoms with Crippen LogP contribution in [0.2, 0.25) is 0 Å². The molecular weight excluding hydrogens is 212 g/mol. The van der Waals surface area contributed by atoms with Crippen LogP contribution in [0.25, 0.3) is 0 Å². The van der Waals surface area contributed by atoms with E-state index in [1.54, 1.807) is 0 Å². The van der Waals surface area contributed by atoms with E-state index in [-0.39, 0.29) is 0 Å². The van der Waals surface area contributed by atoms with Gasteiger partial charge < -0.3 is 4.74 Å². The first kappa shape index (κ1) is 11.9. The smallest absolute Gasteiger partial charge is 0.0495 e. The molecule has 3 rings (SSSR count). The molecule has 0 aliphatic carbocycles. The summed E-state index contributed by atoms with van der Waals surface area (Å²) in [5.41, 5.74) is 0. The Morgan fingerprint density at radius 2 is 2.18 bits per heavy atom. The molecule has 0 aromatic carbocycles. The highest BCUT2D eigenvalue weighted by Crippen LogP contribution is 2.25. The Kier molecular flexibility index (Phi) is 3.69. The summed E-state index contributed by atoms with van der Waals surface area (Å²) < 4.78 is 5.47.